The Balaban J connectivity index is 1.88. The first-order chi connectivity index (χ1) is 10.1. The summed E-state index contributed by atoms with van der Waals surface area (Å²) in [5, 5.41) is 7.45. The normalized spacial score (nSPS) is 22.6. The number of nitrogens with one attached hydrogen (secondary N) is 1. The zero-order chi connectivity index (χ0) is 14.9. The van der Waals surface area contributed by atoms with Crippen molar-refractivity contribution in [3.05, 3.63) is 47.6 Å². The maximum Gasteiger partial charge on any atom is 0.233 e. The Morgan fingerprint density at radius 3 is 2.67 bits per heavy atom. The minimum absolute atomic E-state index is 0.128. The van der Waals surface area contributed by atoms with Crippen LogP contribution in [-0.4, -0.2) is 36.4 Å². The van der Waals surface area contributed by atoms with Crippen LogP contribution in [0.3, 0.4) is 0 Å². The van der Waals surface area contributed by atoms with Gasteiger partial charge >= 0.3 is 0 Å². The minimum atomic E-state index is -0.280. The van der Waals surface area contributed by atoms with Gasteiger partial charge in [0.15, 0.2) is 5.82 Å². The molecule has 0 aliphatic carbocycles. The van der Waals surface area contributed by atoms with Crippen molar-refractivity contribution in [1.29, 1.82) is 0 Å². The van der Waals surface area contributed by atoms with Gasteiger partial charge in [-0.25, -0.2) is 0 Å². The molecule has 5 heteroatoms. The topological polar surface area (TPSA) is 60.2 Å². The molecule has 1 aromatic heterocycles. The standard InChI is InChI=1S/C16H21N3O2/c1-16(2,11-7-5-4-6-8-11)15-18-14(21-19-15)12-9-20-10-13(12)17-3/h4-8,12-13,17H,9-10H2,1-3H3. The molecular formula is C16H21N3O2. The van der Waals surface area contributed by atoms with Crippen LogP contribution < -0.4 is 5.32 Å². The second-order valence-electron chi connectivity index (χ2n) is 5.99. The summed E-state index contributed by atoms with van der Waals surface area (Å²) >= 11 is 0. The zero-order valence-corrected chi connectivity index (χ0v) is 12.7. The van der Waals surface area contributed by atoms with E-state index in [4.69, 9.17) is 9.26 Å². The summed E-state index contributed by atoms with van der Waals surface area (Å²) in [6, 6.07) is 10.5. The van der Waals surface area contributed by atoms with Crippen LogP contribution in [-0.2, 0) is 10.2 Å². The van der Waals surface area contributed by atoms with Crippen molar-refractivity contribution < 1.29 is 9.26 Å². The number of benzene rings is 1. The van der Waals surface area contributed by atoms with E-state index in [0.717, 1.165) is 0 Å². The number of hydrogen-bond donors (Lipinski definition) is 1. The number of aromatic nitrogens is 2. The van der Waals surface area contributed by atoms with Crippen LogP contribution in [0.1, 0.15) is 37.0 Å². The molecule has 0 bridgehead atoms. The lowest BCUT2D eigenvalue weighted by molar-refractivity contribution is 0.185. The maximum absolute atomic E-state index is 5.51. The number of ether oxygens (including phenoxy) is 1. The van der Waals surface area contributed by atoms with E-state index in [2.05, 4.69) is 41.4 Å². The fourth-order valence-corrected chi connectivity index (χ4v) is 2.71. The van der Waals surface area contributed by atoms with Crippen molar-refractivity contribution >= 4 is 0 Å². The van der Waals surface area contributed by atoms with Crippen LogP contribution in [0.2, 0.25) is 0 Å². The van der Waals surface area contributed by atoms with Crippen LogP contribution in [0.25, 0.3) is 0 Å². The molecule has 0 spiro atoms. The highest BCUT2D eigenvalue weighted by Crippen LogP contribution is 2.31. The molecule has 1 aliphatic rings. The molecule has 1 N–H and O–H groups in total. The quantitative estimate of drug-likeness (QED) is 0.933. The van der Waals surface area contributed by atoms with Gasteiger partial charge in [0, 0.05) is 6.04 Å². The van der Waals surface area contributed by atoms with Crippen molar-refractivity contribution in [2.45, 2.75) is 31.2 Å². The first-order valence-corrected chi connectivity index (χ1v) is 7.27. The molecule has 1 fully saturated rings. The Kier molecular flexibility index (Phi) is 3.78. The van der Waals surface area contributed by atoms with Crippen LogP contribution in [0.5, 0.6) is 0 Å². The zero-order valence-electron chi connectivity index (χ0n) is 12.7. The summed E-state index contributed by atoms with van der Waals surface area (Å²) in [5.74, 6) is 1.50. The number of hydrogen-bond acceptors (Lipinski definition) is 5. The molecule has 1 saturated heterocycles. The van der Waals surface area contributed by atoms with E-state index in [9.17, 15) is 0 Å². The summed E-state index contributed by atoms with van der Waals surface area (Å²) in [5.41, 5.74) is 0.891. The molecule has 21 heavy (non-hydrogen) atoms. The van der Waals surface area contributed by atoms with Crippen molar-refractivity contribution in [2.75, 3.05) is 20.3 Å². The Hall–Kier alpha value is -1.72. The lowest BCUT2D eigenvalue weighted by Gasteiger charge is -2.20. The van der Waals surface area contributed by atoms with E-state index in [1.807, 2.05) is 25.2 Å². The molecule has 2 atom stereocenters. The molecule has 2 aromatic rings. The number of rotatable bonds is 4. The van der Waals surface area contributed by atoms with E-state index >= 15 is 0 Å². The Bertz CT molecular complexity index is 595. The van der Waals surface area contributed by atoms with Gasteiger partial charge in [-0.15, -0.1) is 0 Å². The molecule has 1 aliphatic heterocycles. The molecule has 2 unspecified atom stereocenters. The lowest BCUT2D eigenvalue weighted by atomic mass is 9.84. The maximum atomic E-state index is 5.51. The van der Waals surface area contributed by atoms with E-state index in [1.54, 1.807) is 0 Å². The highest BCUT2D eigenvalue weighted by molar-refractivity contribution is 5.30. The van der Waals surface area contributed by atoms with Gasteiger partial charge < -0.3 is 14.6 Å². The molecule has 0 amide bonds. The Morgan fingerprint density at radius 2 is 1.95 bits per heavy atom. The van der Waals surface area contributed by atoms with Crippen LogP contribution in [0.4, 0.5) is 0 Å². The highest BCUT2D eigenvalue weighted by Gasteiger charge is 2.35. The van der Waals surface area contributed by atoms with Gasteiger partial charge in [0.05, 0.1) is 24.5 Å². The van der Waals surface area contributed by atoms with Crippen LogP contribution in [0, 0.1) is 0 Å². The summed E-state index contributed by atoms with van der Waals surface area (Å²) in [6.07, 6.45) is 0. The van der Waals surface area contributed by atoms with Crippen molar-refractivity contribution in [2.24, 2.45) is 0 Å². The average molecular weight is 287 g/mol. The predicted molar refractivity (Wildman–Crippen MR) is 79.3 cm³/mol. The van der Waals surface area contributed by atoms with Crippen molar-refractivity contribution in [3.63, 3.8) is 0 Å². The van der Waals surface area contributed by atoms with Crippen LogP contribution >= 0.6 is 0 Å². The Morgan fingerprint density at radius 1 is 1.19 bits per heavy atom. The summed E-state index contributed by atoms with van der Waals surface area (Å²) in [4.78, 5) is 4.64. The molecular weight excluding hydrogens is 266 g/mol. The monoisotopic (exact) mass is 287 g/mol. The van der Waals surface area contributed by atoms with Gasteiger partial charge in [-0.1, -0.05) is 35.5 Å². The van der Waals surface area contributed by atoms with Gasteiger partial charge in [-0.05, 0) is 26.5 Å². The molecule has 1 aromatic carbocycles. The molecule has 5 nitrogen and oxygen atoms in total. The summed E-state index contributed by atoms with van der Waals surface area (Å²) < 4.78 is 11.0. The van der Waals surface area contributed by atoms with Crippen molar-refractivity contribution in [3.8, 4) is 0 Å². The average Bonchev–Trinajstić information content (AvgIpc) is 3.16. The van der Waals surface area contributed by atoms with Crippen LogP contribution in [0.15, 0.2) is 34.9 Å². The van der Waals surface area contributed by atoms with Gasteiger partial charge in [-0.2, -0.15) is 4.98 Å². The van der Waals surface area contributed by atoms with E-state index in [-0.39, 0.29) is 17.4 Å². The second kappa shape index (κ2) is 5.58. The lowest BCUT2D eigenvalue weighted by Crippen LogP contribution is -2.31. The van der Waals surface area contributed by atoms with E-state index < -0.39 is 0 Å². The van der Waals surface area contributed by atoms with Gasteiger partial charge in [-0.3, -0.25) is 0 Å². The summed E-state index contributed by atoms with van der Waals surface area (Å²) in [6.45, 7) is 5.52. The second-order valence-corrected chi connectivity index (χ2v) is 5.99. The molecule has 0 saturated carbocycles. The molecule has 3 rings (SSSR count). The largest absolute Gasteiger partial charge is 0.379 e. The first-order valence-electron chi connectivity index (χ1n) is 7.27. The van der Waals surface area contributed by atoms with E-state index in [0.29, 0.717) is 24.9 Å². The third kappa shape index (κ3) is 2.59. The van der Waals surface area contributed by atoms with Gasteiger partial charge in [0.1, 0.15) is 0 Å². The number of likely N-dealkylation sites (N-methyl/N-ethyl adjacent to an activating group) is 1. The first kappa shape index (κ1) is 14.2. The SMILES string of the molecule is CNC1COCC1c1nc(C(C)(C)c2ccccc2)no1. The van der Waals surface area contributed by atoms with Crippen molar-refractivity contribution in [1.82, 2.24) is 15.5 Å². The van der Waals surface area contributed by atoms with Gasteiger partial charge in [0.25, 0.3) is 0 Å². The predicted octanol–water partition coefficient (Wildman–Crippen LogP) is 2.10. The number of nitrogens with zero attached hydrogens (tertiary/aromatic N) is 2. The van der Waals surface area contributed by atoms with Gasteiger partial charge in [0.2, 0.25) is 5.89 Å². The third-order valence-corrected chi connectivity index (χ3v) is 4.26. The molecule has 112 valence electrons. The molecule has 2 heterocycles. The molecule has 0 radical (unpaired) electrons. The highest BCUT2D eigenvalue weighted by atomic mass is 16.5. The smallest absolute Gasteiger partial charge is 0.233 e. The third-order valence-electron chi connectivity index (χ3n) is 4.26. The van der Waals surface area contributed by atoms with E-state index in [1.165, 1.54) is 5.56 Å². The minimum Gasteiger partial charge on any atom is -0.379 e. The summed E-state index contributed by atoms with van der Waals surface area (Å²) in [7, 11) is 1.93. The fraction of sp³-hybridized carbons (Fsp3) is 0.500. The Labute approximate surface area is 124 Å². The fourth-order valence-electron chi connectivity index (χ4n) is 2.71.